The van der Waals surface area contributed by atoms with Crippen LogP contribution in [-0.2, 0) is 11.2 Å². The molecule has 0 unspecified atom stereocenters. The van der Waals surface area contributed by atoms with Crippen LogP contribution in [0.15, 0.2) is 58.7 Å². The molecular weight excluding hydrogens is 268 g/mol. The Morgan fingerprint density at radius 2 is 2.00 bits per heavy atom. The van der Waals surface area contributed by atoms with Crippen LogP contribution in [0.4, 0.5) is 5.95 Å². The summed E-state index contributed by atoms with van der Waals surface area (Å²) in [5.41, 5.74) is 3.50. The van der Waals surface area contributed by atoms with Crippen molar-refractivity contribution in [2.75, 3.05) is 5.01 Å². The molecule has 1 amide bonds. The molecule has 1 aliphatic heterocycles. The van der Waals surface area contributed by atoms with Crippen LogP contribution in [0.1, 0.15) is 5.56 Å². The van der Waals surface area contributed by atoms with Crippen molar-refractivity contribution in [2.45, 2.75) is 6.42 Å². The fraction of sp³-hybridized carbons (Fsp3) is 0.0714. The number of carbonyl (C=O) groups is 1. The van der Waals surface area contributed by atoms with E-state index in [0.717, 1.165) is 12.0 Å². The zero-order valence-corrected chi connectivity index (χ0v) is 10.9. The van der Waals surface area contributed by atoms with Gasteiger partial charge in [-0.2, -0.15) is 10.1 Å². The highest BCUT2D eigenvalue weighted by Gasteiger charge is 2.34. The minimum Gasteiger partial charge on any atom is -0.267 e. The monoisotopic (exact) mass is 278 g/mol. The van der Waals surface area contributed by atoms with Crippen LogP contribution >= 0.6 is 0 Å². The number of hydrogen-bond acceptors (Lipinski definition) is 5. The molecule has 2 aromatic rings. The van der Waals surface area contributed by atoms with Crippen LogP contribution < -0.4 is 5.01 Å². The van der Waals surface area contributed by atoms with Crippen molar-refractivity contribution in [1.29, 1.82) is 0 Å². The number of amides is 1. The number of aromatic amines is 1. The summed E-state index contributed by atoms with van der Waals surface area (Å²) < 4.78 is 0. The average Bonchev–Trinajstić information content (AvgIpc) is 3.19. The largest absolute Gasteiger partial charge is 0.283 e. The summed E-state index contributed by atoms with van der Waals surface area (Å²) in [4.78, 5) is 12.3. The van der Waals surface area contributed by atoms with Gasteiger partial charge in [-0.25, -0.2) is 5.10 Å². The topological polar surface area (TPSA) is 87.1 Å². The standard InChI is InChI=1S/C14H10N6O/c21-13-11-7-10(6-9-4-2-1-3-5-9)8-12(11)17-20(13)14-15-18-19-16-14/h1-5,7-8H,6H2,(H,15,16,18,19). The minimum atomic E-state index is -0.220. The Balaban J connectivity index is 1.61. The second-order valence-corrected chi connectivity index (χ2v) is 4.77. The van der Waals surface area contributed by atoms with Gasteiger partial charge in [-0.15, -0.1) is 0 Å². The highest BCUT2D eigenvalue weighted by atomic mass is 16.2. The second-order valence-electron chi connectivity index (χ2n) is 4.77. The fourth-order valence-corrected chi connectivity index (χ4v) is 2.40. The zero-order chi connectivity index (χ0) is 14.2. The highest BCUT2D eigenvalue weighted by molar-refractivity contribution is 6.35. The summed E-state index contributed by atoms with van der Waals surface area (Å²) in [6.45, 7) is 0. The van der Waals surface area contributed by atoms with Crippen molar-refractivity contribution < 1.29 is 4.79 Å². The van der Waals surface area contributed by atoms with Gasteiger partial charge in [0.1, 0.15) is 0 Å². The molecule has 7 nitrogen and oxygen atoms in total. The Kier molecular flexibility index (Phi) is 2.50. The number of H-pyrrole nitrogens is 1. The molecule has 0 spiro atoms. The summed E-state index contributed by atoms with van der Waals surface area (Å²) in [6, 6.07) is 10.1. The number of hydrogen-bond donors (Lipinski definition) is 1. The maximum atomic E-state index is 12.3. The number of rotatable bonds is 3. The third kappa shape index (κ3) is 1.95. The number of hydrazone groups is 1. The van der Waals surface area contributed by atoms with Crippen molar-refractivity contribution in [1.82, 2.24) is 20.6 Å². The number of nitrogens with zero attached hydrogens (tertiary/aromatic N) is 5. The molecular formula is C14H10N6O. The third-order valence-electron chi connectivity index (χ3n) is 3.34. The van der Waals surface area contributed by atoms with Crippen LogP contribution in [0.3, 0.4) is 0 Å². The lowest BCUT2D eigenvalue weighted by atomic mass is 10.1. The van der Waals surface area contributed by atoms with Crippen LogP contribution in [0.25, 0.3) is 0 Å². The highest BCUT2D eigenvalue weighted by Crippen LogP contribution is 2.27. The first kappa shape index (κ1) is 11.7. The van der Waals surface area contributed by atoms with Gasteiger partial charge in [0.25, 0.3) is 11.9 Å². The van der Waals surface area contributed by atoms with E-state index in [-0.39, 0.29) is 11.9 Å². The van der Waals surface area contributed by atoms with E-state index in [9.17, 15) is 4.79 Å². The molecule has 0 saturated carbocycles. The smallest absolute Gasteiger partial charge is 0.267 e. The Bertz CT molecular complexity index is 788. The summed E-state index contributed by atoms with van der Waals surface area (Å²) >= 11 is 0. The number of anilines is 1. The van der Waals surface area contributed by atoms with Gasteiger partial charge < -0.3 is 0 Å². The third-order valence-corrected chi connectivity index (χ3v) is 3.34. The number of allylic oxidation sites excluding steroid dienone is 3. The van der Waals surface area contributed by atoms with Crippen molar-refractivity contribution in [3.8, 4) is 0 Å². The number of aromatic nitrogens is 4. The number of benzene rings is 1. The molecule has 2 heterocycles. The lowest BCUT2D eigenvalue weighted by Crippen LogP contribution is -2.22. The average molecular weight is 278 g/mol. The molecule has 7 heteroatoms. The molecule has 0 bridgehead atoms. The number of nitrogens with one attached hydrogen (secondary N) is 1. The van der Waals surface area contributed by atoms with E-state index < -0.39 is 0 Å². The van der Waals surface area contributed by atoms with Crippen LogP contribution in [-0.4, -0.2) is 32.2 Å². The predicted octanol–water partition coefficient (Wildman–Crippen LogP) is 1.01. The molecule has 2 aliphatic rings. The van der Waals surface area contributed by atoms with Gasteiger partial charge in [0, 0.05) is 0 Å². The SMILES string of the molecule is O=C1C2=CC(Cc3ccccc3)=CC2=NN1c1nnn[nH]1. The van der Waals surface area contributed by atoms with E-state index in [1.807, 2.05) is 30.4 Å². The van der Waals surface area contributed by atoms with Crippen molar-refractivity contribution >= 4 is 17.6 Å². The summed E-state index contributed by atoms with van der Waals surface area (Å²) in [5.74, 6) is 0.00340. The van der Waals surface area contributed by atoms with Crippen LogP contribution in [0.5, 0.6) is 0 Å². The molecule has 0 atom stereocenters. The van der Waals surface area contributed by atoms with Crippen molar-refractivity contribution in [3.63, 3.8) is 0 Å². The summed E-state index contributed by atoms with van der Waals surface area (Å²) in [5, 5.41) is 18.5. The molecule has 1 aliphatic carbocycles. The Morgan fingerprint density at radius 1 is 1.14 bits per heavy atom. The maximum Gasteiger partial charge on any atom is 0.283 e. The van der Waals surface area contributed by atoms with E-state index in [2.05, 4.69) is 37.9 Å². The Hall–Kier alpha value is -3.09. The van der Waals surface area contributed by atoms with Gasteiger partial charge in [-0.1, -0.05) is 35.4 Å². The van der Waals surface area contributed by atoms with Crippen molar-refractivity contribution in [2.24, 2.45) is 5.10 Å². The number of carbonyl (C=O) groups excluding carboxylic acids is 1. The van der Waals surface area contributed by atoms with E-state index in [1.54, 1.807) is 0 Å². The van der Waals surface area contributed by atoms with Gasteiger partial charge in [-0.05, 0) is 40.1 Å². The lowest BCUT2D eigenvalue weighted by molar-refractivity contribution is -0.114. The van der Waals surface area contributed by atoms with Gasteiger partial charge in [0.2, 0.25) is 0 Å². The Morgan fingerprint density at radius 3 is 2.71 bits per heavy atom. The second kappa shape index (κ2) is 4.48. The molecule has 21 heavy (non-hydrogen) atoms. The number of tetrazole rings is 1. The summed E-state index contributed by atoms with van der Waals surface area (Å²) in [6.07, 6.45) is 4.57. The first-order chi connectivity index (χ1) is 10.3. The van der Waals surface area contributed by atoms with Crippen LogP contribution in [0, 0.1) is 0 Å². The van der Waals surface area contributed by atoms with E-state index >= 15 is 0 Å². The molecule has 0 saturated heterocycles. The predicted molar refractivity (Wildman–Crippen MR) is 75.4 cm³/mol. The number of fused-ring (bicyclic) bond motifs is 1. The lowest BCUT2D eigenvalue weighted by Gasteiger charge is -2.05. The van der Waals surface area contributed by atoms with Crippen LogP contribution in [0.2, 0.25) is 0 Å². The molecule has 1 aromatic heterocycles. The first-order valence-electron chi connectivity index (χ1n) is 6.44. The zero-order valence-electron chi connectivity index (χ0n) is 10.9. The Labute approximate surface area is 119 Å². The van der Waals surface area contributed by atoms with Crippen molar-refractivity contribution in [3.05, 3.63) is 59.2 Å². The van der Waals surface area contributed by atoms with Gasteiger partial charge in [0.05, 0.1) is 11.3 Å². The first-order valence-corrected chi connectivity index (χ1v) is 6.44. The van der Waals surface area contributed by atoms with Gasteiger partial charge in [-0.3, -0.25) is 4.79 Å². The molecule has 102 valence electrons. The van der Waals surface area contributed by atoms with Gasteiger partial charge >= 0.3 is 0 Å². The molecule has 1 N–H and O–H groups in total. The molecule has 1 aromatic carbocycles. The fourth-order valence-electron chi connectivity index (χ4n) is 2.40. The summed E-state index contributed by atoms with van der Waals surface area (Å²) in [7, 11) is 0. The van der Waals surface area contributed by atoms with E-state index in [4.69, 9.17) is 0 Å². The minimum absolute atomic E-state index is 0.220. The van der Waals surface area contributed by atoms with E-state index in [1.165, 1.54) is 10.6 Å². The van der Waals surface area contributed by atoms with Gasteiger partial charge in [0.15, 0.2) is 0 Å². The normalized spacial score (nSPS) is 16.7. The van der Waals surface area contributed by atoms with E-state index in [0.29, 0.717) is 11.3 Å². The molecule has 4 rings (SSSR count). The maximum absolute atomic E-state index is 12.3. The molecule has 0 fully saturated rings. The molecule has 0 radical (unpaired) electrons. The quantitative estimate of drug-likeness (QED) is 0.907.